The normalized spacial score (nSPS) is 12.1. The zero-order chi connectivity index (χ0) is 25.5. The Morgan fingerprint density at radius 1 is 1.12 bits per heavy atom. The summed E-state index contributed by atoms with van der Waals surface area (Å²) in [5.74, 6) is -0.148. The summed E-state index contributed by atoms with van der Waals surface area (Å²) >= 11 is 0. The van der Waals surface area contributed by atoms with E-state index >= 15 is 0 Å². The topological polar surface area (TPSA) is 96.0 Å². The number of sulfonamides is 1. The molecular formula is C25H35N3O5S. The zero-order valence-corrected chi connectivity index (χ0v) is 21.6. The Kier molecular flexibility index (Phi) is 9.49. The van der Waals surface area contributed by atoms with Crippen LogP contribution in [0.4, 0.5) is 5.69 Å². The average Bonchev–Trinajstić information content (AvgIpc) is 2.80. The number of hydrogen-bond acceptors (Lipinski definition) is 5. The Morgan fingerprint density at radius 3 is 2.41 bits per heavy atom. The second-order valence-electron chi connectivity index (χ2n) is 8.33. The lowest BCUT2D eigenvalue weighted by Gasteiger charge is -2.32. The molecule has 1 atom stereocenters. The van der Waals surface area contributed by atoms with Gasteiger partial charge in [-0.3, -0.25) is 13.9 Å². The van der Waals surface area contributed by atoms with Gasteiger partial charge in [-0.25, -0.2) is 8.42 Å². The van der Waals surface area contributed by atoms with E-state index in [2.05, 4.69) is 5.32 Å². The first kappa shape index (κ1) is 27.2. The number of nitrogens with one attached hydrogen (secondary N) is 1. The van der Waals surface area contributed by atoms with Gasteiger partial charge in [-0.05, 0) is 62.1 Å². The number of amides is 2. The Labute approximate surface area is 202 Å². The van der Waals surface area contributed by atoms with Gasteiger partial charge >= 0.3 is 0 Å². The maximum absolute atomic E-state index is 13.6. The van der Waals surface area contributed by atoms with Crippen LogP contribution < -0.4 is 14.4 Å². The maximum atomic E-state index is 13.6. The van der Waals surface area contributed by atoms with Crippen LogP contribution in [0.2, 0.25) is 0 Å². The van der Waals surface area contributed by atoms with Crippen LogP contribution in [-0.2, 0) is 26.2 Å². The molecule has 0 aliphatic heterocycles. The molecule has 2 rings (SSSR count). The largest absolute Gasteiger partial charge is 0.497 e. The number of benzene rings is 2. The second kappa shape index (κ2) is 11.9. The summed E-state index contributed by atoms with van der Waals surface area (Å²) in [6.07, 6.45) is 1.84. The van der Waals surface area contributed by atoms with Crippen LogP contribution in [0.25, 0.3) is 0 Å². The van der Waals surface area contributed by atoms with Gasteiger partial charge in [-0.15, -0.1) is 0 Å². The van der Waals surface area contributed by atoms with Crippen molar-refractivity contribution in [3.05, 3.63) is 59.2 Å². The van der Waals surface area contributed by atoms with Gasteiger partial charge in [-0.2, -0.15) is 0 Å². The minimum Gasteiger partial charge on any atom is -0.497 e. The maximum Gasteiger partial charge on any atom is 0.244 e. The van der Waals surface area contributed by atoms with Gasteiger partial charge in [0.05, 0.1) is 19.1 Å². The van der Waals surface area contributed by atoms with Gasteiger partial charge in [0.15, 0.2) is 0 Å². The van der Waals surface area contributed by atoms with Crippen LogP contribution in [0.5, 0.6) is 5.75 Å². The van der Waals surface area contributed by atoms with E-state index in [-0.39, 0.29) is 12.5 Å². The second-order valence-corrected chi connectivity index (χ2v) is 10.2. The number of anilines is 1. The van der Waals surface area contributed by atoms with Crippen molar-refractivity contribution < 1.29 is 22.7 Å². The zero-order valence-electron chi connectivity index (χ0n) is 20.8. The molecule has 0 radical (unpaired) electrons. The molecule has 0 saturated heterocycles. The van der Waals surface area contributed by atoms with Gasteiger partial charge in [0.25, 0.3) is 0 Å². The average molecular weight is 490 g/mol. The number of carbonyl (C=O) groups is 2. The molecule has 0 aliphatic carbocycles. The van der Waals surface area contributed by atoms with Gasteiger partial charge in [0, 0.05) is 13.1 Å². The first-order valence-corrected chi connectivity index (χ1v) is 13.1. The van der Waals surface area contributed by atoms with Crippen molar-refractivity contribution in [2.45, 2.75) is 46.7 Å². The number of nitrogens with zero attached hydrogens (tertiary/aromatic N) is 2. The molecule has 0 aromatic heterocycles. The van der Waals surface area contributed by atoms with E-state index in [9.17, 15) is 18.0 Å². The lowest BCUT2D eigenvalue weighted by Crippen LogP contribution is -2.51. The Hall–Kier alpha value is -3.07. The summed E-state index contributed by atoms with van der Waals surface area (Å²) < 4.78 is 31.8. The lowest BCUT2D eigenvalue weighted by molar-refractivity contribution is -0.139. The standard InChI is InChI=1S/C25H35N3O5S/c1-7-14-26-25(30)20(4)27(16-21-11-9-12-22(15-21)33-5)24(29)17-28(34(6,31)32)23-13-8-10-18(2)19(23)3/h8-13,15,20H,7,14,16-17H2,1-6H3,(H,26,30)/t20-/m1/s1. The van der Waals surface area contributed by atoms with E-state index in [1.165, 1.54) is 4.90 Å². The molecule has 0 bridgehead atoms. The van der Waals surface area contributed by atoms with Crippen LogP contribution in [0.15, 0.2) is 42.5 Å². The monoisotopic (exact) mass is 489 g/mol. The smallest absolute Gasteiger partial charge is 0.244 e. The molecular weight excluding hydrogens is 454 g/mol. The van der Waals surface area contributed by atoms with E-state index in [0.29, 0.717) is 18.0 Å². The lowest BCUT2D eigenvalue weighted by atomic mass is 10.1. The van der Waals surface area contributed by atoms with E-state index in [1.807, 2.05) is 32.9 Å². The molecule has 1 N–H and O–H groups in total. The fourth-order valence-electron chi connectivity index (χ4n) is 3.55. The van der Waals surface area contributed by atoms with Crippen molar-refractivity contribution in [1.29, 1.82) is 0 Å². The predicted octanol–water partition coefficient (Wildman–Crippen LogP) is 3.02. The molecule has 0 saturated carbocycles. The molecule has 0 unspecified atom stereocenters. The van der Waals surface area contributed by atoms with Crippen molar-refractivity contribution in [1.82, 2.24) is 10.2 Å². The minimum absolute atomic E-state index is 0.126. The Bertz CT molecular complexity index is 1120. The van der Waals surface area contributed by atoms with Crippen molar-refractivity contribution in [3.63, 3.8) is 0 Å². The fraction of sp³-hybridized carbons (Fsp3) is 0.440. The first-order valence-electron chi connectivity index (χ1n) is 11.2. The van der Waals surface area contributed by atoms with E-state index in [0.717, 1.165) is 33.7 Å². The number of aryl methyl sites for hydroxylation is 1. The fourth-order valence-corrected chi connectivity index (χ4v) is 4.45. The predicted molar refractivity (Wildman–Crippen MR) is 134 cm³/mol. The number of hydrogen-bond donors (Lipinski definition) is 1. The third-order valence-corrected chi connectivity index (χ3v) is 6.85. The van der Waals surface area contributed by atoms with E-state index in [4.69, 9.17) is 4.74 Å². The highest BCUT2D eigenvalue weighted by Gasteiger charge is 2.30. The molecule has 2 amide bonds. The van der Waals surface area contributed by atoms with Crippen LogP contribution >= 0.6 is 0 Å². The number of rotatable bonds is 11. The van der Waals surface area contributed by atoms with Crippen LogP contribution in [0.3, 0.4) is 0 Å². The summed E-state index contributed by atoms with van der Waals surface area (Å²) in [6, 6.07) is 11.7. The van der Waals surface area contributed by atoms with Crippen molar-refractivity contribution in [2.75, 3.05) is 30.8 Å². The molecule has 0 aliphatic rings. The molecule has 2 aromatic carbocycles. The molecule has 0 fully saturated rings. The molecule has 34 heavy (non-hydrogen) atoms. The highest BCUT2D eigenvalue weighted by molar-refractivity contribution is 7.92. The third kappa shape index (κ3) is 6.96. The summed E-state index contributed by atoms with van der Waals surface area (Å²) in [5, 5.41) is 2.82. The summed E-state index contributed by atoms with van der Waals surface area (Å²) in [6.45, 7) is 7.49. The third-order valence-electron chi connectivity index (χ3n) is 5.73. The highest BCUT2D eigenvalue weighted by Crippen LogP contribution is 2.25. The van der Waals surface area contributed by atoms with Gasteiger partial charge in [0.1, 0.15) is 18.3 Å². The SMILES string of the molecule is CCCNC(=O)[C@@H](C)N(Cc1cccc(OC)c1)C(=O)CN(c1cccc(C)c1C)S(C)(=O)=O. The highest BCUT2D eigenvalue weighted by atomic mass is 32.2. The Balaban J connectivity index is 2.43. The summed E-state index contributed by atoms with van der Waals surface area (Å²) in [4.78, 5) is 27.7. The number of ether oxygens (including phenoxy) is 1. The van der Waals surface area contributed by atoms with E-state index < -0.39 is 28.5 Å². The Morgan fingerprint density at radius 2 is 1.79 bits per heavy atom. The van der Waals surface area contributed by atoms with Gasteiger partial charge in [-0.1, -0.05) is 31.2 Å². The van der Waals surface area contributed by atoms with E-state index in [1.54, 1.807) is 44.4 Å². The summed E-state index contributed by atoms with van der Waals surface area (Å²) in [7, 11) is -2.21. The number of methoxy groups -OCH3 is 1. The quantitative estimate of drug-likeness (QED) is 0.523. The van der Waals surface area contributed by atoms with Gasteiger partial charge in [0.2, 0.25) is 21.8 Å². The molecule has 2 aromatic rings. The van der Waals surface area contributed by atoms with Crippen molar-refractivity contribution in [2.24, 2.45) is 0 Å². The van der Waals surface area contributed by atoms with Crippen LogP contribution in [0.1, 0.15) is 37.0 Å². The minimum atomic E-state index is -3.76. The van der Waals surface area contributed by atoms with Crippen LogP contribution in [-0.4, -0.2) is 57.6 Å². The molecule has 186 valence electrons. The molecule has 8 nitrogen and oxygen atoms in total. The number of carbonyl (C=O) groups excluding carboxylic acids is 2. The molecule has 9 heteroatoms. The first-order chi connectivity index (χ1) is 16.0. The van der Waals surface area contributed by atoms with Gasteiger partial charge < -0.3 is 15.0 Å². The van der Waals surface area contributed by atoms with Crippen molar-refractivity contribution >= 4 is 27.5 Å². The molecule has 0 heterocycles. The van der Waals surface area contributed by atoms with Crippen molar-refractivity contribution in [3.8, 4) is 5.75 Å². The summed E-state index contributed by atoms with van der Waals surface area (Å²) in [5.41, 5.74) is 2.90. The molecule has 0 spiro atoms. The van der Waals surface area contributed by atoms with Crippen LogP contribution in [0, 0.1) is 13.8 Å².